The third kappa shape index (κ3) is 4.11. The Morgan fingerprint density at radius 2 is 2.00 bits per heavy atom. The Morgan fingerprint density at radius 1 is 1.38 bits per heavy atom. The van der Waals surface area contributed by atoms with E-state index in [0.29, 0.717) is 18.3 Å². The standard InChI is InChI=1S/C13H23FO2/c1-9(2)10-5-3-4-6-11(8-13(15)16)12(14)7-10/h9-12H,3-8H2,1-2H3,(H,15,16). The SMILES string of the molecule is CC(C)C1CCCCC(CC(=O)O)C(F)C1. The predicted molar refractivity (Wildman–Crippen MR) is 62.1 cm³/mol. The van der Waals surface area contributed by atoms with Crippen LogP contribution in [0.4, 0.5) is 4.39 Å². The lowest BCUT2D eigenvalue weighted by Gasteiger charge is -2.29. The molecule has 94 valence electrons. The summed E-state index contributed by atoms with van der Waals surface area (Å²) in [5.74, 6) is -0.207. The first kappa shape index (κ1) is 13.5. The molecule has 1 aliphatic rings. The van der Waals surface area contributed by atoms with Crippen LogP contribution in [0.25, 0.3) is 0 Å². The quantitative estimate of drug-likeness (QED) is 0.803. The van der Waals surface area contributed by atoms with Gasteiger partial charge in [0.1, 0.15) is 6.17 Å². The van der Waals surface area contributed by atoms with Crippen LogP contribution in [0.2, 0.25) is 0 Å². The average molecular weight is 230 g/mol. The highest BCUT2D eigenvalue weighted by Crippen LogP contribution is 2.33. The van der Waals surface area contributed by atoms with Gasteiger partial charge in [0.15, 0.2) is 0 Å². The van der Waals surface area contributed by atoms with Gasteiger partial charge in [-0.05, 0) is 24.7 Å². The molecule has 1 fully saturated rings. The second-order valence-electron chi connectivity index (χ2n) is 5.40. The normalized spacial score (nSPS) is 32.1. The molecule has 2 nitrogen and oxygen atoms in total. The fourth-order valence-corrected chi connectivity index (χ4v) is 2.65. The zero-order valence-electron chi connectivity index (χ0n) is 10.3. The van der Waals surface area contributed by atoms with Gasteiger partial charge < -0.3 is 5.11 Å². The fourth-order valence-electron chi connectivity index (χ4n) is 2.65. The molecule has 1 aliphatic carbocycles. The third-order valence-corrected chi connectivity index (χ3v) is 3.82. The van der Waals surface area contributed by atoms with Crippen LogP contribution in [-0.4, -0.2) is 17.2 Å². The van der Waals surface area contributed by atoms with Gasteiger partial charge in [-0.15, -0.1) is 0 Å². The van der Waals surface area contributed by atoms with Crippen molar-refractivity contribution in [1.82, 2.24) is 0 Å². The van der Waals surface area contributed by atoms with Crippen molar-refractivity contribution < 1.29 is 14.3 Å². The molecule has 16 heavy (non-hydrogen) atoms. The van der Waals surface area contributed by atoms with Crippen LogP contribution in [-0.2, 0) is 4.79 Å². The molecule has 1 N–H and O–H groups in total. The molecule has 0 radical (unpaired) electrons. The van der Waals surface area contributed by atoms with Crippen molar-refractivity contribution >= 4 is 5.97 Å². The van der Waals surface area contributed by atoms with Crippen LogP contribution in [0.1, 0.15) is 52.4 Å². The predicted octanol–water partition coefficient (Wildman–Crippen LogP) is 3.65. The van der Waals surface area contributed by atoms with Crippen molar-refractivity contribution in [2.45, 2.75) is 58.5 Å². The number of halogens is 1. The van der Waals surface area contributed by atoms with E-state index in [0.717, 1.165) is 25.7 Å². The summed E-state index contributed by atoms with van der Waals surface area (Å²) >= 11 is 0. The van der Waals surface area contributed by atoms with Gasteiger partial charge in [0, 0.05) is 5.92 Å². The molecule has 3 heteroatoms. The number of carbonyl (C=O) groups is 1. The fraction of sp³-hybridized carbons (Fsp3) is 0.923. The Bertz CT molecular complexity index is 228. The molecule has 3 unspecified atom stereocenters. The molecule has 0 heterocycles. The Labute approximate surface area is 97.2 Å². The molecule has 1 rings (SSSR count). The number of hydrogen-bond acceptors (Lipinski definition) is 1. The Hall–Kier alpha value is -0.600. The van der Waals surface area contributed by atoms with Gasteiger partial charge >= 0.3 is 5.97 Å². The lowest BCUT2D eigenvalue weighted by Crippen LogP contribution is -2.26. The van der Waals surface area contributed by atoms with E-state index < -0.39 is 12.1 Å². The summed E-state index contributed by atoms with van der Waals surface area (Å²) in [5.41, 5.74) is 0. The number of carboxylic acids is 1. The molecule has 0 spiro atoms. The van der Waals surface area contributed by atoms with Gasteiger partial charge in [-0.25, -0.2) is 4.39 Å². The van der Waals surface area contributed by atoms with E-state index in [1.807, 2.05) is 0 Å². The molecule has 0 amide bonds. The lowest BCUT2D eigenvalue weighted by atomic mass is 9.78. The minimum absolute atomic E-state index is 0.00795. The van der Waals surface area contributed by atoms with E-state index in [2.05, 4.69) is 13.8 Å². The van der Waals surface area contributed by atoms with Gasteiger partial charge in [0.2, 0.25) is 0 Å². The van der Waals surface area contributed by atoms with Crippen LogP contribution >= 0.6 is 0 Å². The second kappa shape index (κ2) is 6.21. The molecule has 0 saturated heterocycles. The van der Waals surface area contributed by atoms with Crippen molar-refractivity contribution in [2.24, 2.45) is 17.8 Å². The number of aliphatic carboxylic acids is 1. The molecular formula is C13H23FO2. The van der Waals surface area contributed by atoms with Crippen molar-refractivity contribution in [3.63, 3.8) is 0 Å². The van der Waals surface area contributed by atoms with Crippen molar-refractivity contribution in [3.8, 4) is 0 Å². The van der Waals surface area contributed by atoms with E-state index in [1.165, 1.54) is 0 Å². The largest absolute Gasteiger partial charge is 0.481 e. The highest BCUT2D eigenvalue weighted by atomic mass is 19.1. The first-order valence-corrected chi connectivity index (χ1v) is 6.36. The Balaban J connectivity index is 2.57. The average Bonchev–Trinajstić information content (AvgIpc) is 2.16. The molecular weight excluding hydrogens is 207 g/mol. The van der Waals surface area contributed by atoms with Gasteiger partial charge in [-0.1, -0.05) is 33.1 Å². The minimum Gasteiger partial charge on any atom is -0.481 e. The molecule has 3 atom stereocenters. The van der Waals surface area contributed by atoms with E-state index in [1.54, 1.807) is 0 Å². The molecule has 0 bridgehead atoms. The third-order valence-electron chi connectivity index (χ3n) is 3.82. The summed E-state index contributed by atoms with van der Waals surface area (Å²) in [4.78, 5) is 10.7. The number of rotatable bonds is 3. The van der Waals surface area contributed by atoms with Crippen molar-refractivity contribution in [3.05, 3.63) is 0 Å². The van der Waals surface area contributed by atoms with Gasteiger partial charge in [0.25, 0.3) is 0 Å². The first-order chi connectivity index (χ1) is 7.50. The summed E-state index contributed by atoms with van der Waals surface area (Å²) in [6.07, 6.45) is 3.54. The van der Waals surface area contributed by atoms with Crippen LogP contribution in [0.15, 0.2) is 0 Å². The topological polar surface area (TPSA) is 37.3 Å². The maximum Gasteiger partial charge on any atom is 0.303 e. The van der Waals surface area contributed by atoms with E-state index in [-0.39, 0.29) is 12.3 Å². The lowest BCUT2D eigenvalue weighted by molar-refractivity contribution is -0.139. The van der Waals surface area contributed by atoms with Crippen molar-refractivity contribution in [2.75, 3.05) is 0 Å². The zero-order chi connectivity index (χ0) is 12.1. The smallest absolute Gasteiger partial charge is 0.303 e. The van der Waals surface area contributed by atoms with Crippen molar-refractivity contribution in [1.29, 1.82) is 0 Å². The Morgan fingerprint density at radius 3 is 2.56 bits per heavy atom. The zero-order valence-corrected chi connectivity index (χ0v) is 10.3. The molecule has 0 aromatic carbocycles. The van der Waals surface area contributed by atoms with Crippen LogP contribution in [0.3, 0.4) is 0 Å². The number of hydrogen-bond donors (Lipinski definition) is 1. The van der Waals surface area contributed by atoms with E-state index >= 15 is 0 Å². The maximum absolute atomic E-state index is 14.0. The monoisotopic (exact) mass is 230 g/mol. The van der Waals surface area contributed by atoms with E-state index in [4.69, 9.17) is 5.11 Å². The number of alkyl halides is 1. The second-order valence-corrected chi connectivity index (χ2v) is 5.40. The maximum atomic E-state index is 14.0. The summed E-state index contributed by atoms with van der Waals surface area (Å²) < 4.78 is 14.0. The first-order valence-electron chi connectivity index (χ1n) is 6.36. The van der Waals surface area contributed by atoms with Crippen LogP contribution in [0, 0.1) is 17.8 Å². The highest BCUT2D eigenvalue weighted by molar-refractivity contribution is 5.67. The number of carboxylic acid groups (broad SMARTS) is 1. The molecule has 0 aromatic heterocycles. The molecule has 1 saturated carbocycles. The highest BCUT2D eigenvalue weighted by Gasteiger charge is 2.29. The summed E-state index contributed by atoms with van der Waals surface area (Å²) in [6, 6.07) is 0. The Kier molecular flexibility index (Phi) is 5.23. The summed E-state index contributed by atoms with van der Waals surface area (Å²) in [7, 11) is 0. The summed E-state index contributed by atoms with van der Waals surface area (Å²) in [5, 5.41) is 8.75. The summed E-state index contributed by atoms with van der Waals surface area (Å²) in [6.45, 7) is 4.26. The molecule has 0 aliphatic heterocycles. The van der Waals surface area contributed by atoms with Gasteiger partial charge in [-0.2, -0.15) is 0 Å². The molecule has 0 aromatic rings. The van der Waals surface area contributed by atoms with Gasteiger partial charge in [0.05, 0.1) is 6.42 Å². The minimum atomic E-state index is -0.927. The van der Waals surface area contributed by atoms with Gasteiger partial charge in [-0.3, -0.25) is 4.79 Å². The van der Waals surface area contributed by atoms with E-state index in [9.17, 15) is 9.18 Å². The van der Waals surface area contributed by atoms with Crippen LogP contribution < -0.4 is 0 Å². The van der Waals surface area contributed by atoms with Crippen LogP contribution in [0.5, 0.6) is 0 Å².